The van der Waals surface area contributed by atoms with Gasteiger partial charge in [-0.1, -0.05) is 38.1 Å². The van der Waals surface area contributed by atoms with Crippen molar-refractivity contribution in [3.8, 4) is 6.01 Å². The number of likely N-dealkylation sites (tertiary alicyclic amines) is 1. The minimum atomic E-state index is -0.615. The molecule has 2 fully saturated rings. The third-order valence-electron chi connectivity index (χ3n) is 7.46. The smallest absolute Gasteiger partial charge is 0.353 e. The van der Waals surface area contributed by atoms with Gasteiger partial charge in [0.25, 0.3) is 0 Å². The van der Waals surface area contributed by atoms with Gasteiger partial charge in [0.15, 0.2) is 0 Å². The van der Waals surface area contributed by atoms with Gasteiger partial charge in [0, 0.05) is 13.1 Å². The molecule has 0 unspecified atom stereocenters. The molecule has 4 rings (SSSR count). The van der Waals surface area contributed by atoms with E-state index in [9.17, 15) is 14.9 Å². The van der Waals surface area contributed by atoms with Gasteiger partial charge in [-0.25, -0.2) is 0 Å². The Balaban J connectivity index is 1.65. The van der Waals surface area contributed by atoms with Gasteiger partial charge in [-0.15, -0.1) is 0 Å². The Labute approximate surface area is 223 Å². The van der Waals surface area contributed by atoms with Crippen molar-refractivity contribution in [3.63, 3.8) is 0 Å². The molecule has 11 nitrogen and oxygen atoms in total. The number of ether oxygens (including phenoxy) is 2. The molecule has 0 amide bonds. The zero-order valence-electron chi connectivity index (χ0n) is 22.5. The van der Waals surface area contributed by atoms with Gasteiger partial charge >= 0.3 is 17.7 Å². The molecule has 0 bridgehead atoms. The first-order valence-electron chi connectivity index (χ1n) is 13.4. The molecule has 2 aromatic rings. The molecule has 2 N–H and O–H groups in total. The Morgan fingerprint density at radius 1 is 1.18 bits per heavy atom. The molecule has 1 saturated carbocycles. The summed E-state index contributed by atoms with van der Waals surface area (Å²) in [5.74, 6) is 0.0967. The van der Waals surface area contributed by atoms with E-state index in [0.29, 0.717) is 11.8 Å². The van der Waals surface area contributed by atoms with E-state index < -0.39 is 16.6 Å². The third-order valence-corrected chi connectivity index (χ3v) is 7.46. The summed E-state index contributed by atoms with van der Waals surface area (Å²) in [5.41, 5.74) is 7.64. The fraction of sp³-hybridized carbons (Fsp3) is 0.593. The fourth-order valence-electron chi connectivity index (χ4n) is 5.34. The van der Waals surface area contributed by atoms with Crippen LogP contribution in [0.15, 0.2) is 24.3 Å². The molecule has 0 spiro atoms. The van der Waals surface area contributed by atoms with Crippen LogP contribution in [0.4, 0.5) is 17.3 Å². The molecule has 1 saturated heterocycles. The van der Waals surface area contributed by atoms with E-state index in [1.54, 1.807) is 6.92 Å². The van der Waals surface area contributed by atoms with E-state index >= 15 is 0 Å². The zero-order chi connectivity index (χ0) is 27.2. The van der Waals surface area contributed by atoms with Crippen LogP contribution in [0, 0.1) is 22.0 Å². The third kappa shape index (κ3) is 6.89. The number of aromatic nitrogens is 2. The van der Waals surface area contributed by atoms with E-state index in [2.05, 4.69) is 40.8 Å². The highest BCUT2D eigenvalue weighted by atomic mass is 16.6. The van der Waals surface area contributed by atoms with Crippen LogP contribution in [0.5, 0.6) is 6.01 Å². The number of esters is 1. The lowest BCUT2D eigenvalue weighted by Crippen LogP contribution is -2.32. The second kappa shape index (κ2) is 12.4. The number of nitrogens with two attached hydrogens (primary N) is 1. The largest absolute Gasteiger partial charge is 0.465 e. The predicted octanol–water partition coefficient (Wildman–Crippen LogP) is 3.95. The Morgan fingerprint density at radius 2 is 1.87 bits per heavy atom. The predicted molar refractivity (Wildman–Crippen MR) is 144 cm³/mol. The van der Waals surface area contributed by atoms with Crippen LogP contribution in [0.2, 0.25) is 0 Å². The maximum absolute atomic E-state index is 12.6. The Morgan fingerprint density at radius 3 is 2.53 bits per heavy atom. The van der Waals surface area contributed by atoms with Crippen LogP contribution < -0.4 is 15.4 Å². The summed E-state index contributed by atoms with van der Waals surface area (Å²) in [6.07, 6.45) is 3.98. The Bertz CT molecular complexity index is 1130. The van der Waals surface area contributed by atoms with Crippen molar-refractivity contribution < 1.29 is 19.2 Å². The first-order chi connectivity index (χ1) is 18.2. The fourth-order valence-corrected chi connectivity index (χ4v) is 5.34. The number of nitrogens with zero attached hydrogens (tertiary/aromatic N) is 5. The zero-order valence-corrected chi connectivity index (χ0v) is 22.5. The van der Waals surface area contributed by atoms with Gasteiger partial charge in [0.05, 0.1) is 11.5 Å². The lowest BCUT2D eigenvalue weighted by atomic mass is 10.0. The van der Waals surface area contributed by atoms with Crippen molar-refractivity contribution in [2.75, 3.05) is 36.9 Å². The number of nitro groups is 1. The van der Waals surface area contributed by atoms with E-state index in [1.165, 1.54) is 17.7 Å². The number of nitrogen functional groups attached to an aromatic ring is 1. The second-order valence-corrected chi connectivity index (χ2v) is 10.5. The topological polar surface area (TPSA) is 137 Å². The summed E-state index contributed by atoms with van der Waals surface area (Å²) in [4.78, 5) is 36.5. The number of carbonyl (C=O) groups excluding carboxylic acids is 1. The van der Waals surface area contributed by atoms with Gasteiger partial charge in [-0.3, -0.25) is 19.8 Å². The van der Waals surface area contributed by atoms with Crippen LogP contribution in [0.25, 0.3) is 0 Å². The average Bonchev–Trinajstić information content (AvgIpc) is 3.47. The molecule has 1 aliphatic carbocycles. The lowest BCUT2D eigenvalue weighted by Gasteiger charge is -2.24. The van der Waals surface area contributed by atoms with E-state index in [1.807, 2.05) is 12.1 Å². The normalized spacial score (nSPS) is 21.4. The maximum atomic E-state index is 12.6. The molecule has 11 heteroatoms. The monoisotopic (exact) mass is 526 g/mol. The molecule has 3 atom stereocenters. The Kier molecular flexibility index (Phi) is 8.98. The first kappa shape index (κ1) is 27.6. The number of carbonyl (C=O) groups is 1. The van der Waals surface area contributed by atoms with Crippen molar-refractivity contribution in [2.45, 2.75) is 65.6 Å². The summed E-state index contributed by atoms with van der Waals surface area (Å²) in [7, 11) is 0. The van der Waals surface area contributed by atoms with Gasteiger partial charge in [0.1, 0.15) is 12.6 Å². The van der Waals surface area contributed by atoms with Gasteiger partial charge in [-0.2, -0.15) is 9.97 Å². The van der Waals surface area contributed by atoms with Gasteiger partial charge < -0.3 is 20.1 Å². The van der Waals surface area contributed by atoms with Gasteiger partial charge in [-0.05, 0) is 68.7 Å². The molecule has 206 valence electrons. The molecule has 2 heterocycles. The molecule has 1 aromatic heterocycles. The molecule has 1 aliphatic heterocycles. The molecule has 0 radical (unpaired) electrons. The molecule has 38 heavy (non-hydrogen) atoms. The summed E-state index contributed by atoms with van der Waals surface area (Å²) in [6, 6.07) is 8.00. The van der Waals surface area contributed by atoms with Crippen molar-refractivity contribution in [1.82, 2.24) is 14.9 Å². The summed E-state index contributed by atoms with van der Waals surface area (Å²) < 4.78 is 11.2. The highest BCUT2D eigenvalue weighted by molar-refractivity contribution is 5.78. The minimum absolute atomic E-state index is 0.0222. The molecule has 2 aliphatic rings. The first-order valence-corrected chi connectivity index (χ1v) is 13.4. The van der Waals surface area contributed by atoms with E-state index in [0.717, 1.165) is 43.6 Å². The van der Waals surface area contributed by atoms with Crippen LogP contribution >= 0.6 is 0 Å². The number of hydrogen-bond acceptors (Lipinski definition) is 10. The Hall–Kier alpha value is -3.47. The maximum Gasteiger partial charge on any atom is 0.353 e. The number of hydrogen-bond donors (Lipinski definition) is 1. The molecular formula is C27H38N6O5. The van der Waals surface area contributed by atoms with Crippen molar-refractivity contribution in [3.05, 3.63) is 45.5 Å². The SMILES string of the molecule is CCOC(=O)CN(Cc1cccc(CN2CCCC2)c1)c1nc(O[C@H]2C[C@@H](C)[C@@H](C)C2)nc(N)c1[N+](=O)[O-]. The number of anilines is 2. The molecule has 1 aromatic carbocycles. The standard InChI is InChI=1S/C27H38N6O5/c1-4-37-23(34)17-32(16-21-9-7-8-20(14-21)15-31-10-5-6-11-31)26-24(33(35)36)25(28)29-27(30-26)38-22-12-18(2)19(3)13-22/h7-9,14,18-19,22H,4-6,10-13,15-17H2,1-3H3,(H2,28,29,30)/t18-,19+,22+. The lowest BCUT2D eigenvalue weighted by molar-refractivity contribution is -0.383. The minimum Gasteiger partial charge on any atom is -0.465 e. The van der Waals surface area contributed by atoms with Crippen LogP contribution in [0.3, 0.4) is 0 Å². The van der Waals surface area contributed by atoms with Crippen molar-refractivity contribution in [2.24, 2.45) is 11.8 Å². The number of benzene rings is 1. The van der Waals surface area contributed by atoms with Crippen LogP contribution in [-0.2, 0) is 22.6 Å². The molecular weight excluding hydrogens is 488 g/mol. The van der Waals surface area contributed by atoms with Gasteiger partial charge in [0.2, 0.25) is 11.6 Å². The van der Waals surface area contributed by atoms with Crippen molar-refractivity contribution in [1.29, 1.82) is 0 Å². The van der Waals surface area contributed by atoms with Crippen LogP contribution in [-0.4, -0.2) is 58.1 Å². The second-order valence-electron chi connectivity index (χ2n) is 10.5. The summed E-state index contributed by atoms with van der Waals surface area (Å²) in [6.45, 7) is 9.19. The summed E-state index contributed by atoms with van der Waals surface area (Å²) in [5, 5.41) is 12.1. The van der Waals surface area contributed by atoms with E-state index in [4.69, 9.17) is 15.2 Å². The highest BCUT2D eigenvalue weighted by Gasteiger charge is 2.33. The van der Waals surface area contributed by atoms with Crippen molar-refractivity contribution >= 4 is 23.3 Å². The van der Waals surface area contributed by atoms with Crippen LogP contribution in [0.1, 0.15) is 57.6 Å². The van der Waals surface area contributed by atoms with E-state index in [-0.39, 0.29) is 43.4 Å². The summed E-state index contributed by atoms with van der Waals surface area (Å²) >= 11 is 0. The quantitative estimate of drug-likeness (QED) is 0.260. The average molecular weight is 527 g/mol. The number of rotatable bonds is 11. The highest BCUT2D eigenvalue weighted by Crippen LogP contribution is 2.37.